The molecule has 2 atom stereocenters. The lowest BCUT2D eigenvalue weighted by Crippen LogP contribution is -2.08. The fraction of sp³-hybridized carbons (Fsp3) is 0.700. The van der Waals surface area contributed by atoms with Crippen LogP contribution in [0, 0.1) is 0 Å². The Labute approximate surface area is 88.7 Å². The van der Waals surface area contributed by atoms with E-state index in [1.807, 2.05) is 10.9 Å². The van der Waals surface area contributed by atoms with E-state index in [0.717, 1.165) is 36.4 Å². The highest BCUT2D eigenvalue weighted by Crippen LogP contribution is 2.32. The molecule has 78 valence electrons. The summed E-state index contributed by atoms with van der Waals surface area (Å²) >= 11 is 6.17. The Hall–Kier alpha value is -0.540. The summed E-state index contributed by atoms with van der Waals surface area (Å²) in [5.74, 6) is 0. The van der Waals surface area contributed by atoms with Crippen molar-refractivity contribution in [2.24, 2.45) is 0 Å². The molecule has 1 N–H and O–H groups in total. The van der Waals surface area contributed by atoms with E-state index in [9.17, 15) is 5.11 Å². The quantitative estimate of drug-likeness (QED) is 0.820. The van der Waals surface area contributed by atoms with Gasteiger partial charge in [-0.2, -0.15) is 5.10 Å². The first-order valence-electron chi connectivity index (χ1n) is 5.12. The van der Waals surface area contributed by atoms with E-state index >= 15 is 0 Å². The van der Waals surface area contributed by atoms with E-state index in [1.165, 1.54) is 0 Å². The minimum atomic E-state index is -0.176. The molecule has 0 spiro atoms. The molecule has 1 aliphatic carbocycles. The second-order valence-electron chi connectivity index (χ2n) is 3.88. The van der Waals surface area contributed by atoms with Crippen molar-refractivity contribution in [1.29, 1.82) is 0 Å². The third-order valence-electron chi connectivity index (χ3n) is 2.91. The Balaban J connectivity index is 2.20. The van der Waals surface area contributed by atoms with Gasteiger partial charge >= 0.3 is 0 Å². The minimum Gasteiger partial charge on any atom is -0.393 e. The summed E-state index contributed by atoms with van der Waals surface area (Å²) in [5.41, 5.74) is 1.09. The minimum absolute atomic E-state index is 0.176. The van der Waals surface area contributed by atoms with Gasteiger partial charge in [-0.25, -0.2) is 0 Å². The molecule has 3 nitrogen and oxygen atoms in total. The molecule has 4 heteroatoms. The Morgan fingerprint density at radius 1 is 1.64 bits per heavy atom. The van der Waals surface area contributed by atoms with Crippen LogP contribution in [-0.4, -0.2) is 21.0 Å². The van der Waals surface area contributed by atoms with Gasteiger partial charge in [-0.1, -0.05) is 18.5 Å². The summed E-state index contributed by atoms with van der Waals surface area (Å²) in [6, 6.07) is 0.290. The number of aryl methyl sites for hydroxylation is 1. The van der Waals surface area contributed by atoms with Crippen LogP contribution < -0.4 is 0 Å². The summed E-state index contributed by atoms with van der Waals surface area (Å²) in [7, 11) is 0. The van der Waals surface area contributed by atoms with Crippen LogP contribution in [0.4, 0.5) is 0 Å². The number of aromatic nitrogens is 2. The first-order valence-corrected chi connectivity index (χ1v) is 5.50. The van der Waals surface area contributed by atoms with Crippen LogP contribution in [0.1, 0.15) is 37.8 Å². The third kappa shape index (κ3) is 1.66. The van der Waals surface area contributed by atoms with Gasteiger partial charge in [0.2, 0.25) is 0 Å². The molecule has 14 heavy (non-hydrogen) atoms. The lowest BCUT2D eigenvalue weighted by molar-refractivity contribution is 0.177. The molecule has 0 saturated heterocycles. The maximum atomic E-state index is 9.43. The molecule has 1 fully saturated rings. The normalized spacial score (nSPS) is 27.1. The van der Waals surface area contributed by atoms with Crippen LogP contribution >= 0.6 is 11.6 Å². The van der Waals surface area contributed by atoms with Crippen molar-refractivity contribution in [3.05, 3.63) is 16.9 Å². The van der Waals surface area contributed by atoms with E-state index in [0.29, 0.717) is 0 Å². The first kappa shape index (κ1) is 9.99. The SMILES string of the molecule is CCc1cnn(C2CCC(O)C2)c1Cl. The van der Waals surface area contributed by atoms with Crippen molar-refractivity contribution in [3.8, 4) is 0 Å². The van der Waals surface area contributed by atoms with Gasteiger partial charge < -0.3 is 5.11 Å². The highest BCUT2D eigenvalue weighted by Gasteiger charge is 2.26. The molecule has 2 unspecified atom stereocenters. The van der Waals surface area contributed by atoms with E-state index in [-0.39, 0.29) is 12.1 Å². The number of hydrogen-bond acceptors (Lipinski definition) is 2. The summed E-state index contributed by atoms with van der Waals surface area (Å²) in [6.07, 6.45) is 5.19. The Morgan fingerprint density at radius 2 is 2.43 bits per heavy atom. The fourth-order valence-electron chi connectivity index (χ4n) is 2.03. The van der Waals surface area contributed by atoms with Crippen molar-refractivity contribution >= 4 is 11.6 Å². The Bertz CT molecular complexity index is 324. The number of aliphatic hydroxyl groups excluding tert-OH is 1. The Morgan fingerprint density at radius 3 is 2.93 bits per heavy atom. The third-order valence-corrected chi connectivity index (χ3v) is 3.32. The number of nitrogens with zero attached hydrogens (tertiary/aromatic N) is 2. The topological polar surface area (TPSA) is 38.0 Å². The van der Waals surface area contributed by atoms with Gasteiger partial charge in [-0.05, 0) is 25.7 Å². The van der Waals surface area contributed by atoms with Gasteiger partial charge in [-0.15, -0.1) is 0 Å². The standard InChI is InChI=1S/C10H15ClN2O/c1-2-7-6-12-13(10(7)11)8-3-4-9(14)5-8/h6,8-9,14H,2-5H2,1H3. The first-order chi connectivity index (χ1) is 6.72. The van der Waals surface area contributed by atoms with E-state index in [1.54, 1.807) is 0 Å². The largest absolute Gasteiger partial charge is 0.393 e. The van der Waals surface area contributed by atoms with Crippen LogP contribution in [0.15, 0.2) is 6.20 Å². The Kier molecular flexibility index (Phi) is 2.79. The molecule has 1 saturated carbocycles. The van der Waals surface area contributed by atoms with Gasteiger partial charge in [0.05, 0.1) is 18.3 Å². The van der Waals surface area contributed by atoms with Gasteiger partial charge in [0.15, 0.2) is 0 Å². The molecular weight excluding hydrogens is 200 g/mol. The molecule has 1 aromatic rings. The highest BCUT2D eigenvalue weighted by molar-refractivity contribution is 6.30. The van der Waals surface area contributed by atoms with Gasteiger partial charge in [-0.3, -0.25) is 4.68 Å². The van der Waals surface area contributed by atoms with Crippen molar-refractivity contribution in [2.75, 3.05) is 0 Å². The number of hydrogen-bond donors (Lipinski definition) is 1. The lowest BCUT2D eigenvalue weighted by atomic mass is 10.2. The monoisotopic (exact) mass is 214 g/mol. The molecule has 0 amide bonds. The van der Waals surface area contributed by atoms with Crippen LogP contribution in [0.5, 0.6) is 0 Å². The van der Waals surface area contributed by atoms with Crippen molar-refractivity contribution in [2.45, 2.75) is 44.8 Å². The summed E-state index contributed by atoms with van der Waals surface area (Å²) in [5, 5.41) is 14.5. The van der Waals surface area contributed by atoms with Crippen molar-refractivity contribution in [1.82, 2.24) is 9.78 Å². The zero-order valence-electron chi connectivity index (χ0n) is 8.28. The highest BCUT2D eigenvalue weighted by atomic mass is 35.5. The molecule has 0 aliphatic heterocycles. The fourth-order valence-corrected chi connectivity index (χ4v) is 2.40. The molecule has 0 aromatic carbocycles. The van der Waals surface area contributed by atoms with Crippen molar-refractivity contribution < 1.29 is 5.11 Å². The smallest absolute Gasteiger partial charge is 0.130 e. The average molecular weight is 215 g/mol. The van der Waals surface area contributed by atoms with E-state index < -0.39 is 0 Å². The van der Waals surface area contributed by atoms with Gasteiger partial charge in [0, 0.05) is 5.56 Å². The van der Waals surface area contributed by atoms with Crippen LogP contribution in [0.2, 0.25) is 5.15 Å². The van der Waals surface area contributed by atoms with Crippen LogP contribution in [-0.2, 0) is 6.42 Å². The molecule has 0 bridgehead atoms. The van der Waals surface area contributed by atoms with Crippen LogP contribution in [0.3, 0.4) is 0 Å². The molecule has 1 heterocycles. The summed E-state index contributed by atoms with van der Waals surface area (Å²) < 4.78 is 1.86. The van der Waals surface area contributed by atoms with E-state index in [2.05, 4.69) is 12.0 Å². The molecule has 2 rings (SSSR count). The average Bonchev–Trinajstić information content (AvgIpc) is 2.72. The second-order valence-corrected chi connectivity index (χ2v) is 4.24. The lowest BCUT2D eigenvalue weighted by Gasteiger charge is -2.11. The maximum absolute atomic E-state index is 9.43. The van der Waals surface area contributed by atoms with Gasteiger partial charge in [0.1, 0.15) is 5.15 Å². The predicted molar refractivity (Wildman–Crippen MR) is 55.5 cm³/mol. The molecule has 1 aliphatic rings. The predicted octanol–water partition coefficient (Wildman–Crippen LogP) is 2.18. The maximum Gasteiger partial charge on any atom is 0.130 e. The second kappa shape index (κ2) is 3.91. The summed E-state index contributed by atoms with van der Waals surface area (Å²) in [4.78, 5) is 0. The summed E-state index contributed by atoms with van der Waals surface area (Å²) in [6.45, 7) is 2.07. The zero-order chi connectivity index (χ0) is 10.1. The molecular formula is C10H15ClN2O. The van der Waals surface area contributed by atoms with Gasteiger partial charge in [0.25, 0.3) is 0 Å². The number of aliphatic hydroxyl groups is 1. The van der Waals surface area contributed by atoms with E-state index in [4.69, 9.17) is 11.6 Å². The van der Waals surface area contributed by atoms with Crippen molar-refractivity contribution in [3.63, 3.8) is 0 Å². The molecule has 1 aromatic heterocycles. The molecule has 0 radical (unpaired) electrons. The number of halogens is 1. The zero-order valence-corrected chi connectivity index (χ0v) is 9.04. The number of rotatable bonds is 2. The van der Waals surface area contributed by atoms with Crippen LogP contribution in [0.25, 0.3) is 0 Å².